The molecular weight excluding hydrogens is 451 g/mol. The number of fused-ring (bicyclic) bond motifs is 1. The molecule has 9 heteroatoms. The van der Waals surface area contributed by atoms with E-state index in [0.717, 1.165) is 27.9 Å². The molecule has 3 aromatic heterocycles. The molecule has 166 valence electrons. The minimum atomic E-state index is -0.223. The molecule has 0 aliphatic heterocycles. The van der Waals surface area contributed by atoms with Gasteiger partial charge in [0.2, 0.25) is 0 Å². The van der Waals surface area contributed by atoms with Crippen molar-refractivity contribution in [2.75, 3.05) is 14.2 Å². The highest BCUT2D eigenvalue weighted by molar-refractivity contribution is 6.41. The van der Waals surface area contributed by atoms with Crippen LogP contribution in [0.2, 0.25) is 10.0 Å². The lowest BCUT2D eigenvalue weighted by atomic mass is 10.0. The second-order valence-electron chi connectivity index (χ2n) is 7.32. The van der Waals surface area contributed by atoms with E-state index < -0.39 is 0 Å². The van der Waals surface area contributed by atoms with E-state index in [1.165, 1.54) is 14.2 Å². The Morgan fingerprint density at radius 1 is 1.03 bits per heavy atom. The Hall–Kier alpha value is -3.03. The van der Waals surface area contributed by atoms with Crippen LogP contribution >= 0.6 is 23.2 Å². The number of halogens is 2. The summed E-state index contributed by atoms with van der Waals surface area (Å²) in [5, 5.41) is 5.65. The molecule has 0 N–H and O–H groups in total. The first kappa shape index (κ1) is 22.2. The Kier molecular flexibility index (Phi) is 5.88. The molecule has 0 atom stereocenters. The van der Waals surface area contributed by atoms with Crippen LogP contribution in [0.1, 0.15) is 12.6 Å². The number of rotatable bonds is 5. The highest BCUT2D eigenvalue weighted by atomic mass is 35.5. The van der Waals surface area contributed by atoms with Gasteiger partial charge in [-0.05, 0) is 26.0 Å². The van der Waals surface area contributed by atoms with Crippen molar-refractivity contribution in [1.82, 2.24) is 19.3 Å². The molecule has 32 heavy (non-hydrogen) atoms. The minimum absolute atomic E-state index is 0.223. The first-order chi connectivity index (χ1) is 15.3. The van der Waals surface area contributed by atoms with E-state index in [-0.39, 0.29) is 15.6 Å². The van der Waals surface area contributed by atoms with E-state index in [9.17, 15) is 4.79 Å². The van der Waals surface area contributed by atoms with Crippen molar-refractivity contribution in [1.29, 1.82) is 0 Å². The van der Waals surface area contributed by atoms with Crippen LogP contribution in [0, 0.1) is 6.92 Å². The number of pyridine rings is 2. The lowest BCUT2D eigenvalue weighted by Crippen LogP contribution is -2.21. The van der Waals surface area contributed by atoms with E-state index >= 15 is 0 Å². The average Bonchev–Trinajstić information content (AvgIpc) is 3.12. The zero-order chi connectivity index (χ0) is 23.2. The second kappa shape index (κ2) is 8.48. The minimum Gasteiger partial charge on any atom is -0.495 e. The molecule has 0 amide bonds. The van der Waals surface area contributed by atoms with Gasteiger partial charge in [0, 0.05) is 48.6 Å². The summed E-state index contributed by atoms with van der Waals surface area (Å²) >= 11 is 13.2. The molecule has 0 saturated heterocycles. The van der Waals surface area contributed by atoms with E-state index in [0.29, 0.717) is 29.2 Å². The summed E-state index contributed by atoms with van der Waals surface area (Å²) in [7, 11) is 4.85. The van der Waals surface area contributed by atoms with Gasteiger partial charge in [0.15, 0.2) is 0 Å². The molecule has 3 heterocycles. The maximum absolute atomic E-state index is 13.6. The van der Waals surface area contributed by atoms with Crippen molar-refractivity contribution < 1.29 is 9.47 Å². The molecule has 7 nitrogen and oxygen atoms in total. The smallest absolute Gasteiger partial charge is 0.259 e. The predicted octanol–water partition coefficient (Wildman–Crippen LogP) is 5.12. The number of benzene rings is 1. The SMILES string of the molecule is CCn1c(=O)c(-c2c(Cl)c(OC)cc(OC)c2Cl)cc2cnc(-c3cn(C)nc3C)cc21. The van der Waals surface area contributed by atoms with Crippen LogP contribution in [0.15, 0.2) is 35.4 Å². The summed E-state index contributed by atoms with van der Waals surface area (Å²) in [6.45, 7) is 4.29. The lowest BCUT2D eigenvalue weighted by molar-refractivity contribution is 0.395. The molecule has 0 spiro atoms. The van der Waals surface area contributed by atoms with Crippen LogP contribution in [0.25, 0.3) is 33.3 Å². The van der Waals surface area contributed by atoms with Crippen molar-refractivity contribution >= 4 is 34.1 Å². The van der Waals surface area contributed by atoms with Crippen LogP contribution < -0.4 is 15.0 Å². The molecule has 0 unspecified atom stereocenters. The van der Waals surface area contributed by atoms with Crippen LogP contribution in [0.3, 0.4) is 0 Å². The fourth-order valence-corrected chi connectivity index (χ4v) is 4.59. The van der Waals surface area contributed by atoms with Crippen LogP contribution in [-0.4, -0.2) is 33.6 Å². The second-order valence-corrected chi connectivity index (χ2v) is 8.08. The standard InChI is InChI=1S/C23H22Cl2N4O3/c1-6-29-17-8-16(15-11-28(3)27-12(15)2)26-10-13(17)7-14(23(29)30)20-21(24)18(31-4)9-19(32-5)22(20)25/h7-11H,6H2,1-5H3. The van der Waals surface area contributed by atoms with Crippen molar-refractivity contribution in [3.63, 3.8) is 0 Å². The number of aryl methyl sites for hydroxylation is 3. The third-order valence-electron chi connectivity index (χ3n) is 5.43. The van der Waals surface area contributed by atoms with E-state index in [2.05, 4.69) is 10.1 Å². The molecule has 4 rings (SSSR count). The zero-order valence-corrected chi connectivity index (χ0v) is 19.9. The van der Waals surface area contributed by atoms with Crippen molar-refractivity contribution in [3.05, 3.63) is 56.7 Å². The molecule has 0 saturated carbocycles. The highest BCUT2D eigenvalue weighted by Gasteiger charge is 2.23. The molecule has 4 aromatic rings. The monoisotopic (exact) mass is 472 g/mol. The molecule has 0 radical (unpaired) electrons. The Bertz CT molecular complexity index is 1380. The van der Waals surface area contributed by atoms with Gasteiger partial charge in [-0.2, -0.15) is 5.10 Å². The predicted molar refractivity (Wildman–Crippen MR) is 127 cm³/mol. The number of methoxy groups -OCH3 is 2. The molecule has 1 aromatic carbocycles. The quantitative estimate of drug-likeness (QED) is 0.403. The first-order valence-corrected chi connectivity index (χ1v) is 10.7. The number of ether oxygens (including phenoxy) is 2. The van der Waals surface area contributed by atoms with Gasteiger partial charge in [0.25, 0.3) is 5.56 Å². The van der Waals surface area contributed by atoms with Gasteiger partial charge in [0.1, 0.15) is 11.5 Å². The molecule has 0 bridgehead atoms. The fourth-order valence-electron chi connectivity index (χ4n) is 3.89. The van der Waals surface area contributed by atoms with Gasteiger partial charge in [-0.15, -0.1) is 0 Å². The summed E-state index contributed by atoms with van der Waals surface area (Å²) < 4.78 is 14.2. The summed E-state index contributed by atoms with van der Waals surface area (Å²) in [6.07, 6.45) is 3.65. The first-order valence-electron chi connectivity index (χ1n) is 9.95. The van der Waals surface area contributed by atoms with Gasteiger partial charge in [-0.3, -0.25) is 14.5 Å². The van der Waals surface area contributed by atoms with Gasteiger partial charge in [0.05, 0.1) is 46.7 Å². The van der Waals surface area contributed by atoms with Crippen LogP contribution in [0.4, 0.5) is 0 Å². The van der Waals surface area contributed by atoms with Crippen molar-refractivity contribution in [2.24, 2.45) is 7.05 Å². The Morgan fingerprint density at radius 3 is 2.22 bits per heavy atom. The third kappa shape index (κ3) is 3.51. The maximum atomic E-state index is 13.6. The Morgan fingerprint density at radius 2 is 1.69 bits per heavy atom. The molecule has 0 aliphatic carbocycles. The molecule has 0 fully saturated rings. The summed E-state index contributed by atoms with van der Waals surface area (Å²) in [4.78, 5) is 18.2. The molecular formula is C23H22Cl2N4O3. The maximum Gasteiger partial charge on any atom is 0.259 e. The molecule has 0 aliphatic rings. The van der Waals surface area contributed by atoms with Gasteiger partial charge in [-0.25, -0.2) is 0 Å². The van der Waals surface area contributed by atoms with Crippen molar-refractivity contribution in [3.8, 4) is 33.9 Å². The third-order valence-corrected chi connectivity index (χ3v) is 6.18. The van der Waals surface area contributed by atoms with Crippen molar-refractivity contribution in [2.45, 2.75) is 20.4 Å². The van der Waals surface area contributed by atoms with Crippen LogP contribution in [-0.2, 0) is 13.6 Å². The topological polar surface area (TPSA) is 71.2 Å². The normalized spacial score (nSPS) is 11.2. The summed E-state index contributed by atoms with van der Waals surface area (Å²) in [6, 6.07) is 5.25. The Balaban J connectivity index is 2.02. The lowest BCUT2D eigenvalue weighted by Gasteiger charge is -2.17. The Labute approximate surface area is 195 Å². The van der Waals surface area contributed by atoms with E-state index in [4.69, 9.17) is 32.7 Å². The van der Waals surface area contributed by atoms with E-state index in [1.54, 1.807) is 27.6 Å². The number of aromatic nitrogens is 4. The van der Waals surface area contributed by atoms with Gasteiger partial charge >= 0.3 is 0 Å². The summed E-state index contributed by atoms with van der Waals surface area (Å²) in [5.74, 6) is 0.733. The number of hydrogen-bond donors (Lipinski definition) is 0. The van der Waals surface area contributed by atoms with Crippen LogP contribution in [0.5, 0.6) is 11.5 Å². The zero-order valence-electron chi connectivity index (χ0n) is 18.4. The largest absolute Gasteiger partial charge is 0.495 e. The number of hydrogen-bond acceptors (Lipinski definition) is 5. The number of nitrogens with zero attached hydrogens (tertiary/aromatic N) is 4. The van der Waals surface area contributed by atoms with Gasteiger partial charge < -0.3 is 14.0 Å². The van der Waals surface area contributed by atoms with E-state index in [1.807, 2.05) is 33.2 Å². The average molecular weight is 473 g/mol. The summed E-state index contributed by atoms with van der Waals surface area (Å²) in [5.41, 5.74) is 3.78. The van der Waals surface area contributed by atoms with Gasteiger partial charge in [-0.1, -0.05) is 23.2 Å². The highest BCUT2D eigenvalue weighted by Crippen LogP contribution is 2.45. The fraction of sp³-hybridized carbons (Fsp3) is 0.261.